The molecule has 6 nitrogen and oxygen atoms in total. The summed E-state index contributed by atoms with van der Waals surface area (Å²) in [6, 6.07) is 7.06. The van der Waals surface area contributed by atoms with Gasteiger partial charge in [-0.3, -0.25) is 14.5 Å². The molecule has 0 aliphatic carbocycles. The number of nitrogens with zero attached hydrogens (tertiary/aromatic N) is 1. The zero-order valence-electron chi connectivity index (χ0n) is 12.1. The Morgan fingerprint density at radius 3 is 2.38 bits per heavy atom. The summed E-state index contributed by atoms with van der Waals surface area (Å²) >= 11 is 0. The topological polar surface area (TPSA) is 87.1 Å². The van der Waals surface area contributed by atoms with Gasteiger partial charge in [-0.25, -0.2) is 0 Å². The molecule has 0 fully saturated rings. The molecule has 1 heterocycles. The summed E-state index contributed by atoms with van der Waals surface area (Å²) in [5, 5.41) is 18.1. The molecule has 2 rings (SSSR count). The molecule has 114 valence electrons. The lowest BCUT2D eigenvalue weighted by atomic mass is 9.88. The number of aliphatic carboxylic acids is 2. The maximum Gasteiger partial charge on any atom is 0.317 e. The lowest BCUT2D eigenvalue weighted by Gasteiger charge is -2.41. The first kappa shape index (κ1) is 15.3. The van der Waals surface area contributed by atoms with Gasteiger partial charge in [0.05, 0.1) is 13.1 Å². The molecule has 0 amide bonds. The van der Waals surface area contributed by atoms with Crippen LogP contribution in [0.3, 0.4) is 0 Å². The molecule has 1 unspecified atom stereocenters. The van der Waals surface area contributed by atoms with E-state index in [2.05, 4.69) is 0 Å². The van der Waals surface area contributed by atoms with Gasteiger partial charge in [-0.15, -0.1) is 0 Å². The molecule has 2 N–H and O–H groups in total. The van der Waals surface area contributed by atoms with Crippen molar-refractivity contribution in [2.75, 3.05) is 13.1 Å². The molecule has 1 aliphatic rings. The van der Waals surface area contributed by atoms with E-state index >= 15 is 0 Å². The summed E-state index contributed by atoms with van der Waals surface area (Å²) < 4.78 is 5.89. The van der Waals surface area contributed by atoms with Gasteiger partial charge in [0.1, 0.15) is 11.4 Å². The van der Waals surface area contributed by atoms with Gasteiger partial charge in [-0.2, -0.15) is 0 Å². The summed E-state index contributed by atoms with van der Waals surface area (Å²) in [5.41, 5.74) is 0.355. The van der Waals surface area contributed by atoms with Crippen LogP contribution in [0.1, 0.15) is 31.9 Å². The van der Waals surface area contributed by atoms with Crippen molar-refractivity contribution in [1.29, 1.82) is 0 Å². The Kier molecular flexibility index (Phi) is 4.18. The van der Waals surface area contributed by atoms with Crippen molar-refractivity contribution in [1.82, 2.24) is 4.90 Å². The minimum atomic E-state index is -1.04. The molecule has 0 saturated heterocycles. The standard InChI is InChI=1S/C15H19NO5/c1-15(2)7-11(10-5-3-4-6-12(10)21-15)16(8-13(17)18)9-14(19)20/h3-6,11H,7-9H2,1-2H3,(H,17,18)(H,19,20). The summed E-state index contributed by atoms with van der Waals surface area (Å²) in [7, 11) is 0. The molecule has 21 heavy (non-hydrogen) atoms. The van der Waals surface area contributed by atoms with Gasteiger partial charge in [-0.1, -0.05) is 18.2 Å². The third-order valence-corrected chi connectivity index (χ3v) is 3.47. The minimum absolute atomic E-state index is 0.294. The molecular weight excluding hydrogens is 274 g/mol. The Morgan fingerprint density at radius 1 is 1.24 bits per heavy atom. The normalized spacial score (nSPS) is 19.7. The fraction of sp³-hybridized carbons (Fsp3) is 0.467. The molecule has 6 heteroatoms. The summed E-state index contributed by atoms with van der Waals surface area (Å²) in [5.74, 6) is -1.41. The Balaban J connectivity index is 2.38. The number of para-hydroxylation sites is 1. The van der Waals surface area contributed by atoms with E-state index in [1.807, 2.05) is 38.1 Å². The molecule has 0 saturated carbocycles. The highest BCUT2D eigenvalue weighted by molar-refractivity contribution is 5.72. The number of carbonyl (C=O) groups is 2. The largest absolute Gasteiger partial charge is 0.487 e. The Morgan fingerprint density at radius 2 is 1.81 bits per heavy atom. The van der Waals surface area contributed by atoms with Crippen LogP contribution in [-0.4, -0.2) is 45.7 Å². The summed E-state index contributed by atoms with van der Waals surface area (Å²) in [6.45, 7) is 3.19. The molecule has 1 aliphatic heterocycles. The predicted molar refractivity (Wildman–Crippen MR) is 75.4 cm³/mol. The van der Waals surface area contributed by atoms with E-state index in [0.29, 0.717) is 12.2 Å². The number of ether oxygens (including phenoxy) is 1. The smallest absolute Gasteiger partial charge is 0.317 e. The third kappa shape index (κ3) is 3.72. The van der Waals surface area contributed by atoms with E-state index in [4.69, 9.17) is 14.9 Å². The maximum absolute atomic E-state index is 11.0. The molecule has 0 spiro atoms. The predicted octanol–water partition coefficient (Wildman–Crippen LogP) is 1.76. The van der Waals surface area contributed by atoms with Crippen LogP contribution in [0.2, 0.25) is 0 Å². The SMILES string of the molecule is CC1(C)CC(N(CC(=O)O)CC(=O)O)c2ccccc2O1. The van der Waals surface area contributed by atoms with E-state index < -0.39 is 17.5 Å². The molecule has 0 radical (unpaired) electrons. The van der Waals surface area contributed by atoms with Gasteiger partial charge in [-0.05, 0) is 19.9 Å². The number of benzene rings is 1. The Hall–Kier alpha value is -2.08. The van der Waals surface area contributed by atoms with Crippen molar-refractivity contribution >= 4 is 11.9 Å². The van der Waals surface area contributed by atoms with Crippen LogP contribution < -0.4 is 4.74 Å². The fourth-order valence-electron chi connectivity index (χ4n) is 2.71. The zero-order chi connectivity index (χ0) is 15.6. The fourth-order valence-corrected chi connectivity index (χ4v) is 2.71. The van der Waals surface area contributed by atoms with Crippen molar-refractivity contribution < 1.29 is 24.5 Å². The molecular formula is C15H19NO5. The highest BCUT2D eigenvalue weighted by Gasteiger charge is 2.37. The number of rotatable bonds is 5. The highest BCUT2D eigenvalue weighted by atomic mass is 16.5. The minimum Gasteiger partial charge on any atom is -0.487 e. The quantitative estimate of drug-likeness (QED) is 0.860. The van der Waals surface area contributed by atoms with Crippen molar-refractivity contribution in [2.24, 2.45) is 0 Å². The second-order valence-corrected chi connectivity index (χ2v) is 5.81. The zero-order valence-corrected chi connectivity index (χ0v) is 12.1. The lowest BCUT2D eigenvalue weighted by molar-refractivity contribution is -0.143. The second kappa shape index (κ2) is 5.73. The van der Waals surface area contributed by atoms with E-state index in [1.165, 1.54) is 4.90 Å². The average molecular weight is 293 g/mol. The number of carboxylic acid groups (broad SMARTS) is 2. The lowest BCUT2D eigenvalue weighted by Crippen LogP contribution is -2.44. The van der Waals surface area contributed by atoms with Gasteiger partial charge in [0, 0.05) is 18.0 Å². The van der Waals surface area contributed by atoms with Crippen LogP contribution in [0.15, 0.2) is 24.3 Å². The Labute approximate surface area is 122 Å². The van der Waals surface area contributed by atoms with Gasteiger partial charge in [0.15, 0.2) is 0 Å². The van der Waals surface area contributed by atoms with Crippen molar-refractivity contribution in [2.45, 2.75) is 31.9 Å². The van der Waals surface area contributed by atoms with Gasteiger partial charge >= 0.3 is 11.9 Å². The van der Waals surface area contributed by atoms with Crippen molar-refractivity contribution in [3.8, 4) is 5.75 Å². The summed E-state index contributed by atoms with van der Waals surface area (Å²) in [6.07, 6.45) is 0.532. The van der Waals surface area contributed by atoms with E-state index in [-0.39, 0.29) is 19.1 Å². The van der Waals surface area contributed by atoms with E-state index in [0.717, 1.165) is 5.56 Å². The number of carboxylic acids is 2. The van der Waals surface area contributed by atoms with Crippen LogP contribution >= 0.6 is 0 Å². The average Bonchev–Trinajstić information content (AvgIpc) is 2.34. The Bertz CT molecular complexity index is 539. The molecule has 1 aromatic rings. The van der Waals surface area contributed by atoms with E-state index in [1.54, 1.807) is 0 Å². The van der Waals surface area contributed by atoms with E-state index in [9.17, 15) is 9.59 Å². The molecule has 0 bridgehead atoms. The first-order chi connectivity index (χ1) is 9.78. The summed E-state index contributed by atoms with van der Waals surface area (Å²) in [4.78, 5) is 23.5. The first-order valence-electron chi connectivity index (χ1n) is 6.74. The monoisotopic (exact) mass is 293 g/mol. The van der Waals surface area contributed by atoms with Crippen LogP contribution in [-0.2, 0) is 9.59 Å². The number of fused-ring (bicyclic) bond motifs is 1. The molecule has 0 aromatic heterocycles. The van der Waals surface area contributed by atoms with Gasteiger partial charge in [0.25, 0.3) is 0 Å². The van der Waals surface area contributed by atoms with Crippen LogP contribution in [0.4, 0.5) is 0 Å². The second-order valence-electron chi connectivity index (χ2n) is 5.81. The van der Waals surface area contributed by atoms with Gasteiger partial charge < -0.3 is 14.9 Å². The van der Waals surface area contributed by atoms with Crippen LogP contribution in [0.5, 0.6) is 5.75 Å². The maximum atomic E-state index is 11.0. The van der Waals surface area contributed by atoms with Gasteiger partial charge in [0.2, 0.25) is 0 Å². The van der Waals surface area contributed by atoms with Crippen molar-refractivity contribution in [3.63, 3.8) is 0 Å². The highest BCUT2D eigenvalue weighted by Crippen LogP contribution is 2.42. The molecule has 1 aromatic carbocycles. The van der Waals surface area contributed by atoms with Crippen LogP contribution in [0.25, 0.3) is 0 Å². The number of hydrogen-bond acceptors (Lipinski definition) is 4. The molecule has 1 atom stereocenters. The first-order valence-corrected chi connectivity index (χ1v) is 6.74. The van der Waals surface area contributed by atoms with Crippen molar-refractivity contribution in [3.05, 3.63) is 29.8 Å². The third-order valence-electron chi connectivity index (χ3n) is 3.47. The number of hydrogen-bond donors (Lipinski definition) is 2. The van der Waals surface area contributed by atoms with Crippen LogP contribution in [0, 0.1) is 0 Å².